The zero-order chi connectivity index (χ0) is 20.0. The maximum absolute atomic E-state index is 12.4. The van der Waals surface area contributed by atoms with Crippen LogP contribution in [0.1, 0.15) is 5.56 Å². The van der Waals surface area contributed by atoms with E-state index in [1.165, 1.54) is 16.7 Å². The summed E-state index contributed by atoms with van der Waals surface area (Å²) in [6.45, 7) is 0. The summed E-state index contributed by atoms with van der Waals surface area (Å²) in [6, 6.07) is 21.0. The van der Waals surface area contributed by atoms with Crippen LogP contribution in [0.2, 0.25) is 0 Å². The lowest BCUT2D eigenvalue weighted by Gasteiger charge is -2.05. The summed E-state index contributed by atoms with van der Waals surface area (Å²) in [5, 5.41) is 5.41. The fraction of sp³-hybridized carbons (Fsp3) is 0.0909. The Labute approximate surface area is 172 Å². The number of hydrogen-bond donors (Lipinski definition) is 1. The summed E-state index contributed by atoms with van der Waals surface area (Å²) in [5.41, 5.74) is 3.65. The van der Waals surface area contributed by atoms with Crippen LogP contribution in [0.4, 0.5) is 5.13 Å². The highest BCUT2D eigenvalue weighted by Gasteiger charge is 2.26. The first-order chi connectivity index (χ1) is 14.0. The fourth-order valence-corrected chi connectivity index (χ4v) is 6.00. The molecular formula is C22H16N2O3S2. The molecule has 0 fully saturated rings. The molecule has 1 aliphatic rings. The summed E-state index contributed by atoms with van der Waals surface area (Å²) >= 11 is 1.37. The van der Waals surface area contributed by atoms with Crippen LogP contribution in [0.5, 0.6) is 0 Å². The van der Waals surface area contributed by atoms with Gasteiger partial charge in [0.25, 0.3) is 0 Å². The SMILES string of the molecule is O=C(CS(=O)(=O)Cc1ccccc1)Nc1nc2c(s1)-c1cccc3cccc-2c13. The zero-order valence-electron chi connectivity index (χ0n) is 15.3. The molecule has 4 aromatic rings. The van der Waals surface area contributed by atoms with Gasteiger partial charge < -0.3 is 5.32 Å². The third kappa shape index (κ3) is 3.32. The third-order valence-corrected chi connectivity index (χ3v) is 7.34. The van der Waals surface area contributed by atoms with Crippen molar-refractivity contribution in [3.8, 4) is 21.7 Å². The van der Waals surface area contributed by atoms with E-state index in [2.05, 4.69) is 22.4 Å². The van der Waals surface area contributed by atoms with Crippen molar-refractivity contribution in [2.24, 2.45) is 0 Å². The molecule has 7 heteroatoms. The molecule has 0 unspecified atom stereocenters. The molecule has 0 saturated carbocycles. The average Bonchev–Trinajstić information content (AvgIpc) is 3.21. The number of amides is 1. The van der Waals surface area contributed by atoms with Gasteiger partial charge in [0.2, 0.25) is 5.91 Å². The zero-order valence-corrected chi connectivity index (χ0v) is 16.9. The second-order valence-corrected chi connectivity index (χ2v) is 10.0. The van der Waals surface area contributed by atoms with E-state index < -0.39 is 21.5 Å². The molecule has 1 N–H and O–H groups in total. The van der Waals surface area contributed by atoms with Gasteiger partial charge in [-0.2, -0.15) is 0 Å². The lowest BCUT2D eigenvalue weighted by molar-refractivity contribution is -0.113. The number of benzene rings is 3. The average molecular weight is 421 g/mol. The van der Waals surface area contributed by atoms with Crippen molar-refractivity contribution in [3.05, 3.63) is 72.3 Å². The van der Waals surface area contributed by atoms with Gasteiger partial charge in [-0.15, -0.1) is 0 Å². The fourth-order valence-electron chi connectivity index (χ4n) is 3.70. The lowest BCUT2D eigenvalue weighted by atomic mass is 10.0. The van der Waals surface area contributed by atoms with Gasteiger partial charge in [0.15, 0.2) is 15.0 Å². The molecular weight excluding hydrogens is 404 g/mol. The third-order valence-electron chi connectivity index (χ3n) is 4.86. The van der Waals surface area contributed by atoms with Crippen molar-refractivity contribution in [1.82, 2.24) is 4.98 Å². The normalized spacial score (nSPS) is 12.1. The van der Waals surface area contributed by atoms with E-state index in [0.29, 0.717) is 10.7 Å². The van der Waals surface area contributed by atoms with Crippen molar-refractivity contribution in [1.29, 1.82) is 0 Å². The molecule has 5 nitrogen and oxygen atoms in total. The van der Waals surface area contributed by atoms with Crippen LogP contribution in [0.3, 0.4) is 0 Å². The number of carbonyl (C=O) groups is 1. The van der Waals surface area contributed by atoms with E-state index in [0.717, 1.165) is 27.1 Å². The molecule has 29 heavy (non-hydrogen) atoms. The number of aromatic nitrogens is 1. The maximum Gasteiger partial charge on any atom is 0.241 e. The van der Waals surface area contributed by atoms with Gasteiger partial charge in [-0.05, 0) is 16.3 Å². The van der Waals surface area contributed by atoms with Crippen molar-refractivity contribution in [2.45, 2.75) is 5.75 Å². The molecule has 0 spiro atoms. The number of nitrogens with one attached hydrogen (secondary N) is 1. The predicted octanol–water partition coefficient (Wildman–Crippen LogP) is 4.50. The van der Waals surface area contributed by atoms with Gasteiger partial charge in [-0.3, -0.25) is 4.79 Å². The molecule has 1 aliphatic carbocycles. The predicted molar refractivity (Wildman–Crippen MR) is 117 cm³/mol. The molecule has 0 saturated heterocycles. The van der Waals surface area contributed by atoms with E-state index in [-0.39, 0.29) is 5.75 Å². The van der Waals surface area contributed by atoms with Gasteiger partial charge in [-0.1, -0.05) is 78.1 Å². The summed E-state index contributed by atoms with van der Waals surface area (Å²) < 4.78 is 24.7. The summed E-state index contributed by atoms with van der Waals surface area (Å²) in [4.78, 5) is 17.9. The molecule has 0 bridgehead atoms. The highest BCUT2D eigenvalue weighted by molar-refractivity contribution is 7.91. The summed E-state index contributed by atoms with van der Waals surface area (Å²) in [7, 11) is -3.57. The molecule has 1 amide bonds. The lowest BCUT2D eigenvalue weighted by Crippen LogP contribution is -2.23. The van der Waals surface area contributed by atoms with E-state index >= 15 is 0 Å². The minimum atomic E-state index is -3.57. The van der Waals surface area contributed by atoms with E-state index in [4.69, 9.17) is 0 Å². The Morgan fingerprint density at radius 2 is 1.66 bits per heavy atom. The first-order valence-corrected chi connectivity index (χ1v) is 11.7. The van der Waals surface area contributed by atoms with Gasteiger partial charge >= 0.3 is 0 Å². The maximum atomic E-state index is 12.4. The Hall–Kier alpha value is -3.03. The topological polar surface area (TPSA) is 76.1 Å². The Morgan fingerprint density at radius 1 is 0.931 bits per heavy atom. The molecule has 5 rings (SSSR count). The first-order valence-electron chi connectivity index (χ1n) is 9.08. The minimum absolute atomic E-state index is 0.162. The number of sulfone groups is 1. The largest absolute Gasteiger partial charge is 0.301 e. The molecule has 3 aromatic carbocycles. The monoisotopic (exact) mass is 420 g/mol. The van der Waals surface area contributed by atoms with Crippen LogP contribution >= 0.6 is 11.3 Å². The van der Waals surface area contributed by atoms with Gasteiger partial charge in [-0.25, -0.2) is 13.4 Å². The minimum Gasteiger partial charge on any atom is -0.301 e. The second kappa shape index (κ2) is 6.79. The molecule has 0 aliphatic heterocycles. The smallest absolute Gasteiger partial charge is 0.241 e. The highest BCUT2D eigenvalue weighted by Crippen LogP contribution is 2.50. The van der Waals surface area contributed by atoms with Crippen LogP contribution < -0.4 is 5.32 Å². The molecule has 0 atom stereocenters. The van der Waals surface area contributed by atoms with Crippen LogP contribution in [-0.2, 0) is 20.4 Å². The number of anilines is 1. The van der Waals surface area contributed by atoms with E-state index in [9.17, 15) is 13.2 Å². The van der Waals surface area contributed by atoms with Crippen LogP contribution in [0, 0.1) is 0 Å². The number of carbonyl (C=O) groups excluding carboxylic acids is 1. The van der Waals surface area contributed by atoms with Gasteiger partial charge in [0.05, 0.1) is 16.3 Å². The Kier molecular flexibility index (Phi) is 4.22. The number of hydrogen-bond acceptors (Lipinski definition) is 5. The number of thiazole rings is 1. The first kappa shape index (κ1) is 18.0. The highest BCUT2D eigenvalue weighted by atomic mass is 32.2. The van der Waals surface area contributed by atoms with Crippen molar-refractivity contribution < 1.29 is 13.2 Å². The van der Waals surface area contributed by atoms with E-state index in [1.54, 1.807) is 24.3 Å². The van der Waals surface area contributed by atoms with Crippen LogP contribution in [0.15, 0.2) is 66.7 Å². The molecule has 1 heterocycles. The van der Waals surface area contributed by atoms with Gasteiger partial charge in [0.1, 0.15) is 5.75 Å². The molecule has 0 radical (unpaired) electrons. The van der Waals surface area contributed by atoms with Gasteiger partial charge in [0, 0.05) is 11.1 Å². The summed E-state index contributed by atoms with van der Waals surface area (Å²) in [5.74, 6) is -1.30. The Balaban J connectivity index is 1.36. The number of nitrogens with zero attached hydrogens (tertiary/aromatic N) is 1. The number of rotatable bonds is 5. The molecule has 1 aromatic heterocycles. The van der Waals surface area contributed by atoms with Crippen LogP contribution in [-0.4, -0.2) is 25.1 Å². The Morgan fingerprint density at radius 3 is 2.41 bits per heavy atom. The quantitative estimate of drug-likeness (QED) is 0.454. The van der Waals surface area contributed by atoms with Crippen molar-refractivity contribution in [2.75, 3.05) is 11.1 Å². The van der Waals surface area contributed by atoms with Crippen molar-refractivity contribution >= 4 is 43.0 Å². The van der Waals surface area contributed by atoms with Crippen molar-refractivity contribution in [3.63, 3.8) is 0 Å². The Bertz CT molecular complexity index is 1300. The standard InChI is InChI=1S/C22H16N2O3S2/c25-18(13-29(26,27)12-14-6-2-1-3-7-14)23-22-24-20-16-10-4-8-15-9-5-11-17(19(15)16)21(20)28-22/h1-11H,12-13H2,(H,23,24,25). The van der Waals surface area contributed by atoms with E-state index in [1.807, 2.05) is 30.3 Å². The second-order valence-electron chi connectivity index (χ2n) is 6.97. The van der Waals surface area contributed by atoms with Crippen LogP contribution in [0.25, 0.3) is 32.5 Å². The molecule has 144 valence electrons. The summed E-state index contributed by atoms with van der Waals surface area (Å²) in [6.07, 6.45) is 0. The number of fused-ring (bicyclic) bond motifs is 3.